The minimum absolute atomic E-state index is 0.206. The van der Waals surface area contributed by atoms with Crippen LogP contribution in [0.3, 0.4) is 0 Å². The van der Waals surface area contributed by atoms with Gasteiger partial charge >= 0.3 is 12.0 Å². The summed E-state index contributed by atoms with van der Waals surface area (Å²) in [6.45, 7) is 1.57. The lowest BCUT2D eigenvalue weighted by molar-refractivity contribution is -0.146. The number of aliphatic hydroxyl groups is 1. The van der Waals surface area contributed by atoms with Gasteiger partial charge in [0.25, 0.3) is 0 Å². The summed E-state index contributed by atoms with van der Waals surface area (Å²) < 4.78 is 0. The van der Waals surface area contributed by atoms with E-state index >= 15 is 0 Å². The molecule has 8 nitrogen and oxygen atoms in total. The SMILES string of the molecule is CCNC(=O)CNC(=O)NCC(O)C(=O)O. The van der Waals surface area contributed by atoms with Crippen LogP contribution in [0.1, 0.15) is 6.92 Å². The van der Waals surface area contributed by atoms with Gasteiger partial charge in [0.1, 0.15) is 0 Å². The lowest BCUT2D eigenvalue weighted by Crippen LogP contribution is -2.45. The molecule has 0 rings (SSSR count). The molecule has 0 spiro atoms. The molecule has 1 unspecified atom stereocenters. The van der Waals surface area contributed by atoms with Crippen molar-refractivity contribution < 1.29 is 24.6 Å². The van der Waals surface area contributed by atoms with Gasteiger partial charge in [0.2, 0.25) is 5.91 Å². The van der Waals surface area contributed by atoms with Gasteiger partial charge in [-0.05, 0) is 6.92 Å². The van der Waals surface area contributed by atoms with Crippen LogP contribution in [-0.2, 0) is 9.59 Å². The number of carbonyl (C=O) groups is 3. The van der Waals surface area contributed by atoms with Gasteiger partial charge in [-0.1, -0.05) is 0 Å². The van der Waals surface area contributed by atoms with Crippen LogP contribution in [0.5, 0.6) is 0 Å². The third-order valence-corrected chi connectivity index (χ3v) is 1.52. The van der Waals surface area contributed by atoms with Crippen molar-refractivity contribution in [3.05, 3.63) is 0 Å². The number of urea groups is 1. The van der Waals surface area contributed by atoms with Crippen LogP contribution in [-0.4, -0.2) is 53.9 Å². The van der Waals surface area contributed by atoms with Crippen molar-refractivity contribution in [2.45, 2.75) is 13.0 Å². The third-order valence-electron chi connectivity index (χ3n) is 1.52. The topological polar surface area (TPSA) is 128 Å². The highest BCUT2D eigenvalue weighted by Gasteiger charge is 2.13. The molecule has 0 fully saturated rings. The number of carboxylic acids is 1. The average Bonchev–Trinajstić information content (AvgIpc) is 2.23. The molecular formula is C8H15N3O5. The van der Waals surface area contributed by atoms with Crippen LogP contribution in [0, 0.1) is 0 Å². The highest BCUT2D eigenvalue weighted by atomic mass is 16.4. The zero-order chi connectivity index (χ0) is 12.6. The zero-order valence-corrected chi connectivity index (χ0v) is 8.82. The van der Waals surface area contributed by atoms with Gasteiger partial charge in [-0.2, -0.15) is 0 Å². The average molecular weight is 233 g/mol. The molecule has 0 heterocycles. The van der Waals surface area contributed by atoms with E-state index in [1.54, 1.807) is 6.92 Å². The lowest BCUT2D eigenvalue weighted by atomic mass is 10.4. The van der Waals surface area contributed by atoms with Crippen molar-refractivity contribution in [2.75, 3.05) is 19.6 Å². The summed E-state index contributed by atoms with van der Waals surface area (Å²) in [5.74, 6) is -1.78. The Balaban J connectivity index is 3.67. The Kier molecular flexibility index (Phi) is 6.61. The number of carboxylic acid groups (broad SMARTS) is 1. The van der Waals surface area contributed by atoms with Gasteiger partial charge < -0.3 is 26.2 Å². The van der Waals surface area contributed by atoms with Crippen molar-refractivity contribution in [1.29, 1.82) is 0 Å². The maximum atomic E-state index is 11.0. The maximum Gasteiger partial charge on any atom is 0.334 e. The molecule has 0 saturated heterocycles. The van der Waals surface area contributed by atoms with Gasteiger partial charge in [-0.25, -0.2) is 9.59 Å². The van der Waals surface area contributed by atoms with Crippen LogP contribution >= 0.6 is 0 Å². The van der Waals surface area contributed by atoms with Crippen molar-refractivity contribution in [2.24, 2.45) is 0 Å². The monoisotopic (exact) mass is 233 g/mol. The fourth-order valence-electron chi connectivity index (χ4n) is 0.759. The third kappa shape index (κ3) is 6.60. The molecule has 0 bridgehead atoms. The van der Waals surface area contributed by atoms with E-state index in [-0.39, 0.29) is 12.5 Å². The van der Waals surface area contributed by atoms with Crippen molar-refractivity contribution in [3.8, 4) is 0 Å². The second kappa shape index (κ2) is 7.46. The first-order valence-electron chi connectivity index (χ1n) is 4.66. The number of nitrogens with one attached hydrogen (secondary N) is 3. The van der Waals surface area contributed by atoms with E-state index in [0.717, 1.165) is 0 Å². The van der Waals surface area contributed by atoms with E-state index in [4.69, 9.17) is 10.2 Å². The fraction of sp³-hybridized carbons (Fsp3) is 0.625. The first kappa shape index (κ1) is 14.2. The second-order valence-corrected chi connectivity index (χ2v) is 2.87. The fourth-order valence-corrected chi connectivity index (χ4v) is 0.759. The normalized spacial score (nSPS) is 11.4. The molecule has 1 atom stereocenters. The van der Waals surface area contributed by atoms with E-state index < -0.39 is 24.6 Å². The zero-order valence-electron chi connectivity index (χ0n) is 8.82. The van der Waals surface area contributed by atoms with Crippen LogP contribution in [0.25, 0.3) is 0 Å². The van der Waals surface area contributed by atoms with Crippen LogP contribution in [0.15, 0.2) is 0 Å². The molecule has 16 heavy (non-hydrogen) atoms. The van der Waals surface area contributed by atoms with Gasteiger partial charge in [0.05, 0.1) is 13.1 Å². The molecule has 0 aliphatic carbocycles. The standard InChI is InChI=1S/C8H15N3O5/c1-2-9-6(13)4-11-8(16)10-3-5(12)7(14)15/h5,12H,2-4H2,1H3,(H,9,13)(H,14,15)(H2,10,11,16). The van der Waals surface area contributed by atoms with Gasteiger partial charge in [-0.3, -0.25) is 4.79 Å². The number of hydrogen-bond donors (Lipinski definition) is 5. The summed E-state index contributed by atoms with van der Waals surface area (Å²) in [6, 6.07) is -0.716. The number of hydrogen-bond acceptors (Lipinski definition) is 4. The van der Waals surface area contributed by atoms with E-state index in [9.17, 15) is 14.4 Å². The maximum absolute atomic E-state index is 11.0. The quantitative estimate of drug-likeness (QED) is 0.358. The summed E-state index contributed by atoms with van der Waals surface area (Å²) in [5.41, 5.74) is 0. The molecule has 0 saturated carbocycles. The number of likely N-dealkylation sites (N-methyl/N-ethyl adjacent to an activating group) is 1. The number of aliphatic carboxylic acids is 1. The smallest absolute Gasteiger partial charge is 0.334 e. The number of amides is 3. The van der Waals surface area contributed by atoms with Gasteiger partial charge in [0, 0.05) is 6.54 Å². The van der Waals surface area contributed by atoms with Crippen molar-refractivity contribution in [3.63, 3.8) is 0 Å². The minimum atomic E-state index is -1.66. The molecule has 0 aliphatic heterocycles. The van der Waals surface area contributed by atoms with E-state index in [1.807, 2.05) is 0 Å². The summed E-state index contributed by atoms with van der Waals surface area (Å²) in [6.07, 6.45) is -1.66. The largest absolute Gasteiger partial charge is 0.479 e. The molecule has 3 amide bonds. The molecule has 0 aromatic heterocycles. The predicted molar refractivity (Wildman–Crippen MR) is 53.7 cm³/mol. The highest BCUT2D eigenvalue weighted by Crippen LogP contribution is 1.79. The minimum Gasteiger partial charge on any atom is -0.479 e. The first-order chi connectivity index (χ1) is 7.47. The Labute approximate surface area is 92.0 Å². The molecule has 0 radical (unpaired) electrons. The van der Waals surface area contributed by atoms with Gasteiger partial charge in [-0.15, -0.1) is 0 Å². The van der Waals surface area contributed by atoms with E-state index in [2.05, 4.69) is 16.0 Å². The predicted octanol–water partition coefficient (Wildman–Crippen LogP) is -2.13. The van der Waals surface area contributed by atoms with Crippen molar-refractivity contribution >= 4 is 17.9 Å². The lowest BCUT2D eigenvalue weighted by Gasteiger charge is -2.09. The number of carbonyl (C=O) groups excluding carboxylic acids is 2. The van der Waals surface area contributed by atoms with E-state index in [1.165, 1.54) is 0 Å². The highest BCUT2D eigenvalue weighted by molar-refractivity contribution is 5.84. The first-order valence-corrected chi connectivity index (χ1v) is 4.66. The van der Waals surface area contributed by atoms with Crippen LogP contribution in [0.4, 0.5) is 4.79 Å². The van der Waals surface area contributed by atoms with Crippen molar-refractivity contribution in [1.82, 2.24) is 16.0 Å². The van der Waals surface area contributed by atoms with Crippen LogP contribution in [0.2, 0.25) is 0 Å². The molecule has 5 N–H and O–H groups in total. The summed E-state index contributed by atoms with van der Waals surface area (Å²) in [7, 11) is 0. The Hall–Kier alpha value is -1.83. The Bertz CT molecular complexity index is 268. The summed E-state index contributed by atoms with van der Waals surface area (Å²) in [4.78, 5) is 32.0. The Morgan fingerprint density at radius 1 is 1.19 bits per heavy atom. The molecule has 92 valence electrons. The number of aliphatic hydroxyl groups excluding tert-OH is 1. The summed E-state index contributed by atoms with van der Waals surface area (Å²) >= 11 is 0. The Morgan fingerprint density at radius 2 is 1.81 bits per heavy atom. The molecule has 0 aromatic carbocycles. The van der Waals surface area contributed by atoms with Gasteiger partial charge in [0.15, 0.2) is 6.10 Å². The molecule has 0 aliphatic rings. The molecule has 8 heteroatoms. The molecule has 0 aromatic rings. The molecular weight excluding hydrogens is 218 g/mol. The van der Waals surface area contributed by atoms with E-state index in [0.29, 0.717) is 6.54 Å². The number of rotatable bonds is 6. The second-order valence-electron chi connectivity index (χ2n) is 2.87. The summed E-state index contributed by atoms with van der Waals surface area (Å²) in [5, 5.41) is 23.9. The van der Waals surface area contributed by atoms with Crippen LogP contribution < -0.4 is 16.0 Å². The Morgan fingerprint density at radius 3 is 2.31 bits per heavy atom.